The molecule has 0 aliphatic carbocycles. The molecule has 2 amide bonds. The molecule has 0 saturated carbocycles. The van der Waals surface area contributed by atoms with Gasteiger partial charge in [0.1, 0.15) is 5.75 Å². The number of nitrogens with zero attached hydrogens (tertiary/aromatic N) is 1. The van der Waals surface area contributed by atoms with Crippen LogP contribution in [0.15, 0.2) is 24.3 Å². The highest BCUT2D eigenvalue weighted by atomic mass is 16.5. The van der Waals surface area contributed by atoms with Crippen molar-refractivity contribution in [2.24, 2.45) is 0 Å². The van der Waals surface area contributed by atoms with Crippen LogP contribution in [0.25, 0.3) is 0 Å². The second-order valence-corrected chi connectivity index (χ2v) is 6.71. The lowest BCUT2D eigenvalue weighted by Gasteiger charge is -2.24. The van der Waals surface area contributed by atoms with E-state index in [4.69, 9.17) is 4.74 Å². The Morgan fingerprint density at radius 2 is 1.69 bits per heavy atom. The number of anilines is 1. The minimum atomic E-state index is -0.140. The average molecular weight is 361 g/mol. The lowest BCUT2D eigenvalue weighted by atomic mass is 10.1. The van der Waals surface area contributed by atoms with E-state index < -0.39 is 0 Å². The van der Waals surface area contributed by atoms with E-state index in [1.807, 2.05) is 12.1 Å². The summed E-state index contributed by atoms with van der Waals surface area (Å²) in [6, 6.07) is 7.27. The summed E-state index contributed by atoms with van der Waals surface area (Å²) in [4.78, 5) is 26.4. The second kappa shape index (κ2) is 11.5. The molecule has 0 bridgehead atoms. The van der Waals surface area contributed by atoms with Gasteiger partial charge in [0.15, 0.2) is 0 Å². The van der Waals surface area contributed by atoms with E-state index in [-0.39, 0.29) is 18.2 Å². The molecular weight excluding hydrogens is 330 g/mol. The smallest absolute Gasteiger partial charge is 0.226 e. The van der Waals surface area contributed by atoms with Crippen LogP contribution >= 0.6 is 0 Å². The zero-order chi connectivity index (χ0) is 18.6. The zero-order valence-electron chi connectivity index (χ0n) is 15.8. The number of carbonyl (C=O) groups is 2. The predicted molar refractivity (Wildman–Crippen MR) is 103 cm³/mol. The molecule has 1 aromatic carbocycles. The van der Waals surface area contributed by atoms with E-state index in [0.29, 0.717) is 24.4 Å². The Labute approximate surface area is 156 Å². The third-order valence-electron chi connectivity index (χ3n) is 4.66. The topological polar surface area (TPSA) is 70.7 Å². The molecule has 0 aromatic heterocycles. The molecule has 1 fully saturated rings. The third-order valence-corrected chi connectivity index (χ3v) is 4.66. The molecule has 2 N–H and O–H groups in total. The van der Waals surface area contributed by atoms with E-state index >= 15 is 0 Å². The average Bonchev–Trinajstić information content (AvgIpc) is 2.61. The minimum absolute atomic E-state index is 0.0113. The van der Waals surface area contributed by atoms with Gasteiger partial charge in [-0.3, -0.25) is 9.59 Å². The van der Waals surface area contributed by atoms with Gasteiger partial charge in [0.2, 0.25) is 11.8 Å². The zero-order valence-corrected chi connectivity index (χ0v) is 15.8. The van der Waals surface area contributed by atoms with Crippen LogP contribution in [0, 0.1) is 0 Å². The number of nitrogens with one attached hydrogen (secondary N) is 2. The molecule has 26 heavy (non-hydrogen) atoms. The largest absolute Gasteiger partial charge is 0.495 e. The van der Waals surface area contributed by atoms with Crippen LogP contribution in [0.4, 0.5) is 5.69 Å². The molecule has 1 aliphatic rings. The van der Waals surface area contributed by atoms with E-state index in [9.17, 15) is 9.59 Å². The summed E-state index contributed by atoms with van der Waals surface area (Å²) in [5.74, 6) is 0.494. The van der Waals surface area contributed by atoms with Crippen LogP contribution in [0.1, 0.15) is 44.9 Å². The molecule has 6 nitrogen and oxygen atoms in total. The number of hydrogen-bond acceptors (Lipinski definition) is 4. The monoisotopic (exact) mass is 361 g/mol. The molecule has 0 spiro atoms. The first kappa shape index (κ1) is 20.2. The van der Waals surface area contributed by atoms with Crippen molar-refractivity contribution in [2.45, 2.75) is 44.9 Å². The van der Waals surface area contributed by atoms with Crippen molar-refractivity contribution in [2.75, 3.05) is 38.6 Å². The van der Waals surface area contributed by atoms with E-state index in [0.717, 1.165) is 19.6 Å². The maximum Gasteiger partial charge on any atom is 0.226 e. The van der Waals surface area contributed by atoms with Crippen molar-refractivity contribution in [3.05, 3.63) is 24.3 Å². The first-order valence-electron chi connectivity index (χ1n) is 9.61. The molecule has 2 rings (SSSR count). The van der Waals surface area contributed by atoms with Gasteiger partial charge >= 0.3 is 0 Å². The van der Waals surface area contributed by atoms with Crippen LogP contribution in [0.2, 0.25) is 0 Å². The summed E-state index contributed by atoms with van der Waals surface area (Å²) in [5.41, 5.74) is 0.642. The number of benzene rings is 1. The summed E-state index contributed by atoms with van der Waals surface area (Å²) in [6.45, 7) is 3.34. The number of likely N-dealkylation sites (tertiary alicyclic amines) is 1. The van der Waals surface area contributed by atoms with Crippen molar-refractivity contribution < 1.29 is 14.3 Å². The maximum absolute atomic E-state index is 12.0. The highest BCUT2D eigenvalue weighted by Crippen LogP contribution is 2.22. The highest BCUT2D eigenvalue weighted by molar-refractivity contribution is 5.92. The SMILES string of the molecule is COc1ccccc1NC(=O)CCNC(=O)CCN1CCCCCCC1. The fraction of sp³-hybridized carbons (Fsp3) is 0.600. The van der Waals surface area contributed by atoms with Gasteiger partial charge < -0.3 is 20.3 Å². The van der Waals surface area contributed by atoms with Crippen LogP contribution in [0.3, 0.4) is 0 Å². The van der Waals surface area contributed by atoms with Gasteiger partial charge in [-0.25, -0.2) is 0 Å². The van der Waals surface area contributed by atoms with Crippen molar-refractivity contribution in [1.29, 1.82) is 0 Å². The number of methoxy groups -OCH3 is 1. The number of amides is 2. The molecule has 6 heteroatoms. The summed E-state index contributed by atoms with van der Waals surface area (Å²) < 4.78 is 5.21. The van der Waals surface area contributed by atoms with E-state index in [1.165, 1.54) is 32.1 Å². The van der Waals surface area contributed by atoms with Gasteiger partial charge in [0.05, 0.1) is 12.8 Å². The Hall–Kier alpha value is -2.08. The van der Waals surface area contributed by atoms with Crippen LogP contribution in [-0.4, -0.2) is 50.0 Å². The molecular formula is C20H31N3O3. The quantitative estimate of drug-likeness (QED) is 0.747. The Kier molecular flexibility index (Phi) is 8.96. The van der Waals surface area contributed by atoms with Crippen molar-refractivity contribution >= 4 is 17.5 Å². The number of para-hydroxylation sites is 2. The van der Waals surface area contributed by atoms with Gasteiger partial charge in [-0.05, 0) is 38.1 Å². The fourth-order valence-corrected chi connectivity index (χ4v) is 3.16. The molecule has 0 unspecified atom stereocenters. The van der Waals surface area contributed by atoms with E-state index in [1.54, 1.807) is 19.2 Å². The number of hydrogen-bond donors (Lipinski definition) is 2. The van der Waals surface area contributed by atoms with Gasteiger partial charge in [-0.2, -0.15) is 0 Å². The van der Waals surface area contributed by atoms with Crippen LogP contribution in [0.5, 0.6) is 5.75 Å². The molecule has 1 heterocycles. The molecule has 1 saturated heterocycles. The van der Waals surface area contributed by atoms with Gasteiger partial charge in [0.25, 0.3) is 0 Å². The Balaban J connectivity index is 1.62. The minimum Gasteiger partial charge on any atom is -0.495 e. The van der Waals surface area contributed by atoms with Gasteiger partial charge in [-0.1, -0.05) is 31.4 Å². The third kappa shape index (κ3) is 7.44. The van der Waals surface area contributed by atoms with Crippen molar-refractivity contribution in [3.63, 3.8) is 0 Å². The Morgan fingerprint density at radius 3 is 2.42 bits per heavy atom. The highest BCUT2D eigenvalue weighted by Gasteiger charge is 2.11. The lowest BCUT2D eigenvalue weighted by molar-refractivity contribution is -0.121. The number of ether oxygens (including phenoxy) is 1. The molecule has 0 atom stereocenters. The van der Waals surface area contributed by atoms with E-state index in [2.05, 4.69) is 15.5 Å². The summed E-state index contributed by atoms with van der Waals surface area (Å²) in [7, 11) is 1.57. The van der Waals surface area contributed by atoms with Crippen molar-refractivity contribution in [1.82, 2.24) is 10.2 Å². The Bertz CT molecular complexity index is 569. The molecule has 0 radical (unpaired) electrons. The van der Waals surface area contributed by atoms with Gasteiger partial charge in [-0.15, -0.1) is 0 Å². The summed E-state index contributed by atoms with van der Waals surface area (Å²) in [5, 5.41) is 5.65. The fourth-order valence-electron chi connectivity index (χ4n) is 3.16. The first-order chi connectivity index (χ1) is 12.7. The predicted octanol–water partition coefficient (Wildman–Crippen LogP) is 2.80. The molecule has 144 valence electrons. The molecule has 1 aromatic rings. The lowest BCUT2D eigenvalue weighted by Crippen LogP contribution is -2.33. The number of carbonyl (C=O) groups excluding carboxylic acids is 2. The van der Waals surface area contributed by atoms with Crippen molar-refractivity contribution in [3.8, 4) is 5.75 Å². The summed E-state index contributed by atoms with van der Waals surface area (Å²) >= 11 is 0. The Morgan fingerprint density at radius 1 is 1.00 bits per heavy atom. The molecule has 1 aliphatic heterocycles. The first-order valence-corrected chi connectivity index (χ1v) is 9.61. The van der Waals surface area contributed by atoms with Crippen LogP contribution in [-0.2, 0) is 9.59 Å². The second-order valence-electron chi connectivity index (χ2n) is 6.71. The normalized spacial score (nSPS) is 15.6. The van der Waals surface area contributed by atoms with Crippen LogP contribution < -0.4 is 15.4 Å². The maximum atomic E-state index is 12.0. The standard InChI is InChI=1S/C20H31N3O3/c1-26-18-10-6-5-9-17(18)22-20(25)11-13-21-19(24)12-16-23-14-7-3-2-4-8-15-23/h5-6,9-10H,2-4,7-8,11-16H2,1H3,(H,21,24)(H,22,25). The summed E-state index contributed by atoms with van der Waals surface area (Å²) in [6.07, 6.45) is 7.12. The number of rotatable bonds is 8. The van der Waals surface area contributed by atoms with Gasteiger partial charge in [0, 0.05) is 25.9 Å².